The van der Waals surface area contributed by atoms with Gasteiger partial charge in [0.2, 0.25) is 0 Å². The molecule has 2 unspecified atom stereocenters. The predicted octanol–water partition coefficient (Wildman–Crippen LogP) is 5.53. The smallest absolute Gasteiger partial charge is 0.192 e. The van der Waals surface area contributed by atoms with Crippen LogP contribution >= 0.6 is 0 Å². The topological polar surface area (TPSA) is 69.2 Å². The van der Waals surface area contributed by atoms with Gasteiger partial charge in [0.25, 0.3) is 0 Å². The van der Waals surface area contributed by atoms with Crippen LogP contribution in [0.15, 0.2) is 97.3 Å². The summed E-state index contributed by atoms with van der Waals surface area (Å²) in [5.41, 5.74) is 3.85. The lowest BCUT2D eigenvalue weighted by molar-refractivity contribution is 0.0792. The van der Waals surface area contributed by atoms with E-state index in [1.54, 1.807) is 48.8 Å². The lowest BCUT2D eigenvalue weighted by Crippen LogP contribution is -2.26. The summed E-state index contributed by atoms with van der Waals surface area (Å²) in [4.78, 5) is 34.5. The normalized spacial score (nSPS) is 15.5. The van der Waals surface area contributed by atoms with Crippen molar-refractivity contribution in [2.45, 2.75) is 12.0 Å². The summed E-state index contributed by atoms with van der Waals surface area (Å²) in [6.45, 7) is 0. The predicted molar refractivity (Wildman–Crippen MR) is 126 cm³/mol. The molecule has 1 aliphatic rings. The number of carbonyl (C=O) groups is 2. The number of aromatic nitrogens is 2. The lowest BCUT2D eigenvalue weighted by atomic mass is 9.80. The highest BCUT2D eigenvalue weighted by molar-refractivity contribution is 6.01. The number of fused-ring (bicyclic) bond motifs is 1. The molecule has 33 heavy (non-hydrogen) atoms. The molecule has 0 spiro atoms. The number of Topliss-reactive ketones (excluding diaryl/α,β-unsaturated/α-hetero) is 1. The Labute approximate surface area is 191 Å². The Kier molecular flexibility index (Phi) is 5.60. The Morgan fingerprint density at radius 1 is 0.848 bits per heavy atom. The monoisotopic (exact) mass is 432 g/mol. The van der Waals surface area contributed by atoms with Crippen LogP contribution in [0, 0.1) is 0 Å². The van der Waals surface area contributed by atoms with Crippen molar-refractivity contribution in [3.8, 4) is 0 Å². The number of ketones is 1. The van der Waals surface area contributed by atoms with Crippen molar-refractivity contribution < 1.29 is 14.3 Å². The maximum absolute atomic E-state index is 13.9. The van der Waals surface area contributed by atoms with Gasteiger partial charge in [-0.05, 0) is 41.5 Å². The number of ether oxygens (including phenoxy) is 1. The van der Waals surface area contributed by atoms with Crippen LogP contribution in [0.1, 0.15) is 55.3 Å². The first-order chi connectivity index (χ1) is 16.3. The number of nitrogens with zero attached hydrogens (tertiary/aromatic N) is 2. The Hall–Kier alpha value is -4.38. The number of hydrogen-bond acceptors (Lipinski definition) is 5. The van der Waals surface area contributed by atoms with Crippen molar-refractivity contribution in [2.75, 3.05) is 0 Å². The number of benzene rings is 2. The van der Waals surface area contributed by atoms with Crippen LogP contribution in [0.2, 0.25) is 0 Å². The summed E-state index contributed by atoms with van der Waals surface area (Å²) < 4.78 is 6.49. The van der Waals surface area contributed by atoms with Gasteiger partial charge >= 0.3 is 0 Å². The van der Waals surface area contributed by atoms with Gasteiger partial charge in [0.1, 0.15) is 29.5 Å². The van der Waals surface area contributed by atoms with Gasteiger partial charge in [-0.1, -0.05) is 60.7 Å². The second kappa shape index (κ2) is 9.01. The number of pyridine rings is 2. The van der Waals surface area contributed by atoms with Gasteiger partial charge in [0, 0.05) is 23.5 Å². The number of carbonyl (C=O) groups excluding carboxylic acids is 2. The molecule has 2 aromatic carbocycles. The van der Waals surface area contributed by atoms with Crippen molar-refractivity contribution >= 4 is 23.9 Å². The molecular formula is C28H20N2O3. The molecule has 0 bridgehead atoms. The fourth-order valence-electron chi connectivity index (χ4n) is 4.18. The second-order valence-corrected chi connectivity index (χ2v) is 7.69. The highest BCUT2D eigenvalue weighted by Crippen LogP contribution is 2.44. The van der Waals surface area contributed by atoms with E-state index in [1.165, 1.54) is 0 Å². The van der Waals surface area contributed by atoms with Crippen LogP contribution in [-0.2, 0) is 4.74 Å². The molecule has 0 radical (unpaired) electrons. The Bertz CT molecular complexity index is 1330. The Morgan fingerprint density at radius 2 is 1.58 bits per heavy atom. The molecule has 5 nitrogen and oxygen atoms in total. The fraction of sp³-hybridized carbons (Fsp3) is 0.0714. The third kappa shape index (κ3) is 3.96. The van der Waals surface area contributed by atoms with E-state index in [1.807, 2.05) is 54.6 Å². The third-order valence-corrected chi connectivity index (χ3v) is 5.72. The van der Waals surface area contributed by atoms with Crippen molar-refractivity contribution in [1.82, 2.24) is 9.97 Å². The molecule has 0 saturated heterocycles. The summed E-state index contributed by atoms with van der Waals surface area (Å²) in [6.07, 6.45) is 5.33. The molecule has 0 fully saturated rings. The van der Waals surface area contributed by atoms with Crippen LogP contribution in [0.25, 0.3) is 11.8 Å². The molecule has 0 N–H and O–H groups in total. The molecular weight excluding hydrogens is 412 g/mol. The first-order valence-electron chi connectivity index (χ1n) is 10.6. The molecule has 4 aromatic rings. The van der Waals surface area contributed by atoms with E-state index in [9.17, 15) is 9.59 Å². The molecule has 5 heteroatoms. The molecule has 0 saturated carbocycles. The van der Waals surface area contributed by atoms with Crippen LogP contribution in [-0.4, -0.2) is 22.0 Å². The zero-order valence-electron chi connectivity index (χ0n) is 17.7. The minimum atomic E-state index is -0.783. The molecule has 3 heterocycles. The van der Waals surface area contributed by atoms with Crippen molar-refractivity contribution in [3.63, 3.8) is 0 Å². The van der Waals surface area contributed by atoms with Crippen molar-refractivity contribution in [1.29, 1.82) is 0 Å². The zero-order valence-corrected chi connectivity index (χ0v) is 17.7. The number of aldehydes is 1. The van der Waals surface area contributed by atoms with Crippen LogP contribution in [0.3, 0.4) is 0 Å². The summed E-state index contributed by atoms with van der Waals surface area (Å²) in [6, 6.07) is 25.8. The highest BCUT2D eigenvalue weighted by atomic mass is 16.5. The quantitative estimate of drug-likeness (QED) is 0.296. The molecule has 2 aromatic heterocycles. The highest BCUT2D eigenvalue weighted by Gasteiger charge is 2.38. The average Bonchev–Trinajstić information content (AvgIpc) is 2.90. The molecule has 0 amide bonds. The van der Waals surface area contributed by atoms with E-state index in [2.05, 4.69) is 9.97 Å². The molecule has 5 rings (SSSR count). The average molecular weight is 432 g/mol. The van der Waals surface area contributed by atoms with Crippen LogP contribution < -0.4 is 0 Å². The van der Waals surface area contributed by atoms with Crippen molar-refractivity contribution in [2.24, 2.45) is 0 Å². The van der Waals surface area contributed by atoms with E-state index in [-0.39, 0.29) is 5.78 Å². The van der Waals surface area contributed by atoms with Gasteiger partial charge in [-0.15, -0.1) is 0 Å². The van der Waals surface area contributed by atoms with Gasteiger partial charge < -0.3 is 4.74 Å². The Morgan fingerprint density at radius 3 is 2.33 bits per heavy atom. The minimum Gasteiger partial charge on any atom is -0.482 e. The summed E-state index contributed by atoms with van der Waals surface area (Å²) in [5.74, 6) is -0.427. The first kappa shape index (κ1) is 20.5. The van der Waals surface area contributed by atoms with E-state index in [0.717, 1.165) is 17.4 Å². The van der Waals surface area contributed by atoms with E-state index in [0.29, 0.717) is 28.3 Å². The SMILES string of the molecule is O=Cc1ccccc1C(C(=O)c1ccccn1)C1OC(c2ccccn2)=Cc2ccccc21. The van der Waals surface area contributed by atoms with Gasteiger partial charge in [-0.3, -0.25) is 19.6 Å². The van der Waals surface area contributed by atoms with E-state index in [4.69, 9.17) is 4.74 Å². The molecule has 2 atom stereocenters. The van der Waals surface area contributed by atoms with Gasteiger partial charge in [0.15, 0.2) is 5.78 Å². The second-order valence-electron chi connectivity index (χ2n) is 7.69. The van der Waals surface area contributed by atoms with E-state index >= 15 is 0 Å². The van der Waals surface area contributed by atoms with Crippen LogP contribution in [0.4, 0.5) is 0 Å². The maximum atomic E-state index is 13.9. The largest absolute Gasteiger partial charge is 0.482 e. The standard InChI is InChI=1S/C28H20N2O3/c31-18-20-10-2-3-11-21(20)26(27(32)24-14-6-8-16-30-24)28-22-12-4-1-9-19(22)17-25(33-28)23-13-5-7-15-29-23/h1-18,26,28H. The first-order valence-corrected chi connectivity index (χ1v) is 10.6. The van der Waals surface area contributed by atoms with E-state index < -0.39 is 12.0 Å². The number of rotatable bonds is 6. The van der Waals surface area contributed by atoms with Gasteiger partial charge in [-0.2, -0.15) is 0 Å². The van der Waals surface area contributed by atoms with Gasteiger partial charge in [0.05, 0.1) is 5.92 Å². The number of hydrogen-bond donors (Lipinski definition) is 0. The zero-order chi connectivity index (χ0) is 22.6. The summed E-state index contributed by atoms with van der Waals surface area (Å²) >= 11 is 0. The minimum absolute atomic E-state index is 0.216. The summed E-state index contributed by atoms with van der Waals surface area (Å²) in [7, 11) is 0. The van der Waals surface area contributed by atoms with Gasteiger partial charge in [-0.25, -0.2) is 0 Å². The third-order valence-electron chi connectivity index (χ3n) is 5.72. The molecule has 160 valence electrons. The lowest BCUT2D eigenvalue weighted by Gasteiger charge is -2.33. The van der Waals surface area contributed by atoms with Crippen LogP contribution in [0.5, 0.6) is 0 Å². The fourth-order valence-corrected chi connectivity index (χ4v) is 4.18. The molecule has 0 aliphatic carbocycles. The van der Waals surface area contributed by atoms with Crippen molar-refractivity contribution in [3.05, 3.63) is 131 Å². The maximum Gasteiger partial charge on any atom is 0.192 e. The Balaban J connectivity index is 1.69. The summed E-state index contributed by atoms with van der Waals surface area (Å²) in [5, 5.41) is 0. The molecule has 1 aliphatic heterocycles.